The largest absolute Gasteiger partial charge is 0.510 e. The highest BCUT2D eigenvalue weighted by Gasteiger charge is 2.18. The van der Waals surface area contributed by atoms with Crippen molar-refractivity contribution in [2.24, 2.45) is 0 Å². The van der Waals surface area contributed by atoms with Crippen molar-refractivity contribution >= 4 is 6.16 Å². The molecule has 0 aliphatic carbocycles. The first kappa shape index (κ1) is 13.6. The number of benzene rings is 1. The van der Waals surface area contributed by atoms with Crippen molar-refractivity contribution < 1.29 is 14.3 Å². The molecule has 20 heavy (non-hydrogen) atoms. The summed E-state index contributed by atoms with van der Waals surface area (Å²) in [5.74, 6) is 0. The smallest absolute Gasteiger partial charge is 0.429 e. The first-order valence-corrected chi connectivity index (χ1v) is 5.97. The molecule has 0 aliphatic rings. The van der Waals surface area contributed by atoms with E-state index < -0.39 is 12.3 Å². The Labute approximate surface area is 116 Å². The molecule has 0 spiro atoms. The second kappa shape index (κ2) is 6.90. The van der Waals surface area contributed by atoms with E-state index in [0.717, 1.165) is 5.56 Å². The van der Waals surface area contributed by atoms with Crippen molar-refractivity contribution in [1.82, 2.24) is 4.98 Å². The van der Waals surface area contributed by atoms with E-state index in [1.165, 1.54) is 6.20 Å². The Bertz CT molecular complexity index is 594. The maximum atomic E-state index is 11.5. The molecule has 1 unspecified atom stereocenters. The Morgan fingerprint density at radius 1 is 1.20 bits per heavy atom. The zero-order valence-electron chi connectivity index (χ0n) is 10.6. The van der Waals surface area contributed by atoms with Gasteiger partial charge in [-0.25, -0.2) is 4.79 Å². The van der Waals surface area contributed by atoms with Crippen LogP contribution in [0.5, 0.6) is 0 Å². The predicted molar refractivity (Wildman–Crippen MR) is 70.3 cm³/mol. The molecule has 5 heteroatoms. The fourth-order valence-corrected chi connectivity index (χ4v) is 1.53. The summed E-state index contributed by atoms with van der Waals surface area (Å²) in [6.07, 6.45) is -0.441. The lowest BCUT2D eigenvalue weighted by molar-refractivity contribution is 0.0328. The van der Waals surface area contributed by atoms with Gasteiger partial charge >= 0.3 is 6.16 Å². The SMILES string of the molecule is N#CC(OC(=O)OCc1ccccc1)c1ccccn1. The highest BCUT2D eigenvalue weighted by atomic mass is 16.7. The van der Waals surface area contributed by atoms with Gasteiger partial charge in [0.15, 0.2) is 0 Å². The third-order valence-corrected chi connectivity index (χ3v) is 2.49. The van der Waals surface area contributed by atoms with Gasteiger partial charge in [-0.15, -0.1) is 0 Å². The normalized spacial score (nSPS) is 11.2. The summed E-state index contributed by atoms with van der Waals surface area (Å²) >= 11 is 0. The molecule has 1 aromatic heterocycles. The minimum absolute atomic E-state index is 0.0973. The van der Waals surface area contributed by atoms with Crippen LogP contribution in [0, 0.1) is 11.3 Å². The molecule has 0 N–H and O–H groups in total. The van der Waals surface area contributed by atoms with Crippen molar-refractivity contribution in [1.29, 1.82) is 5.26 Å². The molecule has 0 bridgehead atoms. The van der Waals surface area contributed by atoms with Gasteiger partial charge < -0.3 is 9.47 Å². The monoisotopic (exact) mass is 268 g/mol. The Morgan fingerprint density at radius 3 is 2.60 bits per heavy atom. The second-order valence-corrected chi connectivity index (χ2v) is 3.91. The van der Waals surface area contributed by atoms with E-state index in [2.05, 4.69) is 4.98 Å². The molecule has 0 saturated carbocycles. The number of carbonyl (C=O) groups excluding carboxylic acids is 1. The van der Waals surface area contributed by atoms with Gasteiger partial charge in [0, 0.05) is 6.20 Å². The van der Waals surface area contributed by atoms with E-state index in [9.17, 15) is 4.79 Å². The van der Waals surface area contributed by atoms with E-state index in [1.807, 2.05) is 36.4 Å². The van der Waals surface area contributed by atoms with Crippen LogP contribution in [0.15, 0.2) is 54.7 Å². The summed E-state index contributed by atoms with van der Waals surface area (Å²) in [5, 5.41) is 8.99. The van der Waals surface area contributed by atoms with Gasteiger partial charge in [-0.1, -0.05) is 36.4 Å². The van der Waals surface area contributed by atoms with Gasteiger partial charge in [-0.05, 0) is 17.7 Å². The second-order valence-electron chi connectivity index (χ2n) is 3.91. The van der Waals surface area contributed by atoms with Crippen LogP contribution < -0.4 is 0 Å². The van der Waals surface area contributed by atoms with Gasteiger partial charge in [0.05, 0.1) is 5.69 Å². The molecule has 0 saturated heterocycles. The van der Waals surface area contributed by atoms with Crippen LogP contribution in [0.4, 0.5) is 4.79 Å². The summed E-state index contributed by atoms with van der Waals surface area (Å²) in [4.78, 5) is 15.5. The van der Waals surface area contributed by atoms with Crippen LogP contribution in [-0.2, 0) is 16.1 Å². The number of carbonyl (C=O) groups is 1. The Morgan fingerprint density at radius 2 is 1.95 bits per heavy atom. The summed E-state index contributed by atoms with van der Waals surface area (Å²) in [5.41, 5.74) is 1.21. The predicted octanol–water partition coefficient (Wildman–Crippen LogP) is 3.00. The molecule has 100 valence electrons. The van der Waals surface area contributed by atoms with Gasteiger partial charge in [-0.3, -0.25) is 4.98 Å². The van der Waals surface area contributed by atoms with Crippen molar-refractivity contribution in [2.45, 2.75) is 12.7 Å². The minimum Gasteiger partial charge on any atom is -0.429 e. The lowest BCUT2D eigenvalue weighted by atomic mass is 10.2. The van der Waals surface area contributed by atoms with Crippen LogP contribution in [0.1, 0.15) is 17.4 Å². The van der Waals surface area contributed by atoms with Crippen molar-refractivity contribution in [3.8, 4) is 6.07 Å². The van der Waals surface area contributed by atoms with Crippen LogP contribution in [-0.4, -0.2) is 11.1 Å². The molecule has 1 aromatic carbocycles. The average Bonchev–Trinajstić information content (AvgIpc) is 2.52. The lowest BCUT2D eigenvalue weighted by Gasteiger charge is -2.10. The Balaban J connectivity index is 1.89. The molecule has 1 atom stereocenters. The molecule has 2 rings (SSSR count). The topological polar surface area (TPSA) is 72.2 Å². The Kier molecular flexibility index (Phi) is 4.68. The minimum atomic E-state index is -1.07. The molecule has 0 fully saturated rings. The highest BCUT2D eigenvalue weighted by molar-refractivity contribution is 5.60. The first-order valence-electron chi connectivity index (χ1n) is 5.97. The van der Waals surface area contributed by atoms with Crippen molar-refractivity contribution in [3.05, 3.63) is 66.0 Å². The fraction of sp³-hybridized carbons (Fsp3) is 0.133. The molecule has 0 radical (unpaired) electrons. The summed E-state index contributed by atoms with van der Waals surface area (Å²) in [6.45, 7) is 0.0973. The fourth-order valence-electron chi connectivity index (χ4n) is 1.53. The summed E-state index contributed by atoms with van der Waals surface area (Å²) in [6, 6.07) is 16.1. The van der Waals surface area contributed by atoms with Crippen molar-refractivity contribution in [2.75, 3.05) is 0 Å². The number of aromatic nitrogens is 1. The molecule has 0 aliphatic heterocycles. The number of nitriles is 1. The zero-order chi connectivity index (χ0) is 14.2. The molecule has 0 amide bonds. The van der Waals surface area contributed by atoms with Gasteiger partial charge in [-0.2, -0.15) is 5.26 Å². The number of nitrogens with zero attached hydrogens (tertiary/aromatic N) is 2. The number of hydrogen-bond acceptors (Lipinski definition) is 5. The van der Waals surface area contributed by atoms with Gasteiger partial charge in [0.25, 0.3) is 0 Å². The van der Waals surface area contributed by atoms with Crippen molar-refractivity contribution in [3.63, 3.8) is 0 Å². The summed E-state index contributed by atoms with van der Waals surface area (Å²) in [7, 11) is 0. The van der Waals surface area contributed by atoms with Crippen LogP contribution in [0.3, 0.4) is 0 Å². The van der Waals surface area contributed by atoms with E-state index in [-0.39, 0.29) is 6.61 Å². The van der Waals surface area contributed by atoms with E-state index >= 15 is 0 Å². The van der Waals surface area contributed by atoms with E-state index in [0.29, 0.717) is 5.69 Å². The quantitative estimate of drug-likeness (QED) is 0.797. The zero-order valence-corrected chi connectivity index (χ0v) is 10.6. The average molecular weight is 268 g/mol. The molecule has 2 aromatic rings. The maximum absolute atomic E-state index is 11.5. The Hall–Kier alpha value is -2.87. The molecular formula is C15H12N2O3. The number of rotatable bonds is 4. The number of ether oxygens (including phenoxy) is 2. The van der Waals surface area contributed by atoms with Gasteiger partial charge in [0.1, 0.15) is 12.7 Å². The van der Waals surface area contributed by atoms with Gasteiger partial charge in [0.2, 0.25) is 6.10 Å². The van der Waals surface area contributed by atoms with Crippen LogP contribution in [0.25, 0.3) is 0 Å². The maximum Gasteiger partial charge on any atom is 0.510 e. The lowest BCUT2D eigenvalue weighted by Crippen LogP contribution is -2.12. The van der Waals surface area contributed by atoms with Crippen LogP contribution >= 0.6 is 0 Å². The van der Waals surface area contributed by atoms with Crippen LogP contribution in [0.2, 0.25) is 0 Å². The molecule has 1 heterocycles. The van der Waals surface area contributed by atoms with E-state index in [4.69, 9.17) is 14.7 Å². The van der Waals surface area contributed by atoms with E-state index in [1.54, 1.807) is 18.2 Å². The number of hydrogen-bond donors (Lipinski definition) is 0. The summed E-state index contributed by atoms with van der Waals surface area (Å²) < 4.78 is 9.86. The third kappa shape index (κ3) is 3.82. The number of pyridine rings is 1. The first-order chi connectivity index (χ1) is 9.79. The third-order valence-electron chi connectivity index (χ3n) is 2.49. The molecular weight excluding hydrogens is 256 g/mol. The highest BCUT2D eigenvalue weighted by Crippen LogP contribution is 2.14. The standard InChI is InChI=1S/C15H12N2O3/c16-10-14(13-8-4-5-9-17-13)20-15(18)19-11-12-6-2-1-3-7-12/h1-9,14H,11H2. The molecule has 5 nitrogen and oxygen atoms in total.